The van der Waals surface area contributed by atoms with Crippen LogP contribution in [0.15, 0.2) is 47.4 Å². The third-order valence-corrected chi connectivity index (χ3v) is 4.22. The monoisotopic (exact) mass is 292 g/mol. The number of anilines is 2. The van der Waals surface area contributed by atoms with Gasteiger partial charge in [0.1, 0.15) is 5.75 Å². The number of hydrogen-bond donors (Lipinski definition) is 2. The lowest BCUT2D eigenvalue weighted by atomic mass is 10.2. The number of nitrogens with two attached hydrogens (primary N) is 1. The molecule has 0 aliphatic rings. The number of hydrogen-bond acceptors (Lipinski definition) is 4. The molecule has 0 aliphatic heterocycles. The summed E-state index contributed by atoms with van der Waals surface area (Å²) in [6, 6.07) is 11.4. The lowest BCUT2D eigenvalue weighted by molar-refractivity contribution is 0.415. The fourth-order valence-corrected chi connectivity index (χ4v) is 2.77. The minimum Gasteiger partial charge on any atom is -0.497 e. The highest BCUT2D eigenvalue weighted by Crippen LogP contribution is 2.26. The minimum atomic E-state index is -3.64. The van der Waals surface area contributed by atoms with Gasteiger partial charge in [-0.1, -0.05) is 17.7 Å². The number of methoxy groups -OCH3 is 1. The number of ether oxygens (including phenoxy) is 1. The molecule has 6 heteroatoms. The van der Waals surface area contributed by atoms with Crippen molar-refractivity contribution in [2.24, 2.45) is 0 Å². The van der Waals surface area contributed by atoms with Gasteiger partial charge in [0.25, 0.3) is 10.0 Å². The van der Waals surface area contributed by atoms with Crippen molar-refractivity contribution in [2.75, 3.05) is 17.6 Å². The van der Waals surface area contributed by atoms with E-state index in [1.807, 2.05) is 6.92 Å². The van der Waals surface area contributed by atoms with E-state index < -0.39 is 10.0 Å². The Morgan fingerprint density at radius 2 is 1.75 bits per heavy atom. The fourth-order valence-electron chi connectivity index (χ4n) is 1.68. The van der Waals surface area contributed by atoms with Crippen LogP contribution in [0.4, 0.5) is 11.4 Å². The van der Waals surface area contributed by atoms with Crippen LogP contribution in [0, 0.1) is 6.92 Å². The van der Waals surface area contributed by atoms with E-state index in [4.69, 9.17) is 10.5 Å². The molecule has 2 aromatic rings. The molecule has 0 heterocycles. The molecule has 0 aliphatic carbocycles. The van der Waals surface area contributed by atoms with Crippen molar-refractivity contribution in [3.8, 4) is 5.75 Å². The smallest absolute Gasteiger partial charge is 0.261 e. The summed E-state index contributed by atoms with van der Waals surface area (Å²) >= 11 is 0. The third kappa shape index (κ3) is 3.03. The van der Waals surface area contributed by atoms with Gasteiger partial charge in [-0.25, -0.2) is 8.42 Å². The van der Waals surface area contributed by atoms with E-state index in [0.29, 0.717) is 17.1 Å². The summed E-state index contributed by atoms with van der Waals surface area (Å²) in [6.07, 6.45) is 0. The minimum absolute atomic E-state index is 0.193. The van der Waals surface area contributed by atoms with Crippen molar-refractivity contribution in [1.29, 1.82) is 0 Å². The van der Waals surface area contributed by atoms with E-state index in [9.17, 15) is 8.42 Å². The van der Waals surface area contributed by atoms with Crippen LogP contribution in [0.5, 0.6) is 5.75 Å². The molecule has 0 aromatic heterocycles. The highest BCUT2D eigenvalue weighted by atomic mass is 32.2. The Hall–Kier alpha value is -2.21. The van der Waals surface area contributed by atoms with E-state index in [1.165, 1.54) is 7.11 Å². The van der Waals surface area contributed by atoms with E-state index in [2.05, 4.69) is 4.72 Å². The zero-order valence-corrected chi connectivity index (χ0v) is 12.1. The molecular weight excluding hydrogens is 276 g/mol. The molecule has 0 fully saturated rings. The average Bonchev–Trinajstić information content (AvgIpc) is 2.41. The maximum atomic E-state index is 12.2. The molecular formula is C14H16N2O3S. The zero-order valence-electron chi connectivity index (χ0n) is 11.3. The first kappa shape index (κ1) is 14.2. The van der Waals surface area contributed by atoms with Crippen LogP contribution in [0.1, 0.15) is 5.56 Å². The van der Waals surface area contributed by atoms with Gasteiger partial charge >= 0.3 is 0 Å². The second-order valence-electron chi connectivity index (χ2n) is 4.37. The number of sulfonamides is 1. The Bertz CT molecular complexity index is 710. The van der Waals surface area contributed by atoms with Crippen molar-refractivity contribution in [3.05, 3.63) is 48.0 Å². The van der Waals surface area contributed by atoms with Gasteiger partial charge in [-0.2, -0.15) is 0 Å². The second kappa shape index (κ2) is 5.42. The molecule has 106 valence electrons. The number of aryl methyl sites for hydroxylation is 1. The fraction of sp³-hybridized carbons (Fsp3) is 0.143. The van der Waals surface area contributed by atoms with Crippen LogP contribution in [-0.2, 0) is 10.0 Å². The second-order valence-corrected chi connectivity index (χ2v) is 6.05. The predicted molar refractivity (Wildman–Crippen MR) is 79.4 cm³/mol. The first-order chi connectivity index (χ1) is 9.42. The van der Waals surface area contributed by atoms with Gasteiger partial charge < -0.3 is 10.5 Å². The lowest BCUT2D eigenvalue weighted by Crippen LogP contribution is -2.14. The molecule has 0 bridgehead atoms. The zero-order chi connectivity index (χ0) is 14.8. The Kier molecular flexibility index (Phi) is 3.85. The first-order valence-electron chi connectivity index (χ1n) is 5.95. The summed E-state index contributed by atoms with van der Waals surface area (Å²) in [5.41, 5.74) is 7.42. The first-order valence-corrected chi connectivity index (χ1v) is 7.44. The van der Waals surface area contributed by atoms with Crippen molar-refractivity contribution in [3.63, 3.8) is 0 Å². The van der Waals surface area contributed by atoms with E-state index >= 15 is 0 Å². The molecule has 0 atom stereocenters. The molecule has 20 heavy (non-hydrogen) atoms. The van der Waals surface area contributed by atoms with Crippen LogP contribution in [-0.4, -0.2) is 15.5 Å². The van der Waals surface area contributed by atoms with Crippen LogP contribution < -0.4 is 15.2 Å². The number of benzene rings is 2. The molecule has 0 saturated carbocycles. The number of nitrogens with one attached hydrogen (secondary N) is 1. The molecule has 2 aromatic carbocycles. The summed E-state index contributed by atoms with van der Waals surface area (Å²) in [6.45, 7) is 1.89. The SMILES string of the molecule is COc1ccc(NS(=O)(=O)c2ccc(C)cc2)c(N)c1. The van der Waals surface area contributed by atoms with Gasteiger partial charge in [0, 0.05) is 6.07 Å². The number of rotatable bonds is 4. The summed E-state index contributed by atoms with van der Waals surface area (Å²) in [4.78, 5) is 0.193. The summed E-state index contributed by atoms with van der Waals surface area (Å²) in [5.74, 6) is 0.570. The van der Waals surface area contributed by atoms with Crippen LogP contribution >= 0.6 is 0 Å². The Morgan fingerprint density at radius 1 is 1.10 bits per heavy atom. The van der Waals surface area contributed by atoms with E-state index in [-0.39, 0.29) is 4.90 Å². The van der Waals surface area contributed by atoms with Crippen molar-refractivity contribution >= 4 is 21.4 Å². The van der Waals surface area contributed by atoms with E-state index in [1.54, 1.807) is 42.5 Å². The van der Waals surface area contributed by atoms with Gasteiger partial charge in [-0.05, 0) is 31.2 Å². The third-order valence-electron chi connectivity index (χ3n) is 2.83. The highest BCUT2D eigenvalue weighted by Gasteiger charge is 2.15. The lowest BCUT2D eigenvalue weighted by Gasteiger charge is -2.11. The van der Waals surface area contributed by atoms with Crippen molar-refractivity contribution in [1.82, 2.24) is 0 Å². The molecule has 0 saturated heterocycles. The standard InChI is InChI=1S/C14H16N2O3S/c1-10-3-6-12(7-4-10)20(17,18)16-14-8-5-11(19-2)9-13(14)15/h3-9,16H,15H2,1-2H3. The van der Waals surface area contributed by atoms with Crippen molar-refractivity contribution in [2.45, 2.75) is 11.8 Å². The van der Waals surface area contributed by atoms with Gasteiger partial charge in [-0.3, -0.25) is 4.72 Å². The Morgan fingerprint density at radius 3 is 2.30 bits per heavy atom. The quantitative estimate of drug-likeness (QED) is 0.848. The summed E-state index contributed by atoms with van der Waals surface area (Å²) in [5, 5.41) is 0. The van der Waals surface area contributed by atoms with Gasteiger partial charge in [0.15, 0.2) is 0 Å². The largest absolute Gasteiger partial charge is 0.497 e. The maximum Gasteiger partial charge on any atom is 0.261 e. The molecule has 3 N–H and O–H groups in total. The molecule has 0 amide bonds. The Balaban J connectivity index is 2.31. The van der Waals surface area contributed by atoms with Gasteiger partial charge in [0.05, 0.1) is 23.4 Å². The topological polar surface area (TPSA) is 81.4 Å². The Labute approximate surface area is 118 Å². The summed E-state index contributed by atoms with van der Waals surface area (Å²) < 4.78 is 31.9. The van der Waals surface area contributed by atoms with Crippen LogP contribution in [0.3, 0.4) is 0 Å². The van der Waals surface area contributed by atoms with Crippen LogP contribution in [0.2, 0.25) is 0 Å². The van der Waals surface area contributed by atoms with Crippen molar-refractivity contribution < 1.29 is 13.2 Å². The van der Waals surface area contributed by atoms with Gasteiger partial charge in [-0.15, -0.1) is 0 Å². The summed E-state index contributed by atoms with van der Waals surface area (Å²) in [7, 11) is -2.12. The van der Waals surface area contributed by atoms with Crippen LogP contribution in [0.25, 0.3) is 0 Å². The predicted octanol–water partition coefficient (Wildman–Crippen LogP) is 2.39. The maximum absolute atomic E-state index is 12.2. The molecule has 2 rings (SSSR count). The number of nitrogen functional groups attached to an aromatic ring is 1. The molecule has 0 radical (unpaired) electrons. The van der Waals surface area contributed by atoms with E-state index in [0.717, 1.165) is 5.56 Å². The highest BCUT2D eigenvalue weighted by molar-refractivity contribution is 7.92. The average molecular weight is 292 g/mol. The van der Waals surface area contributed by atoms with Gasteiger partial charge in [0.2, 0.25) is 0 Å². The molecule has 5 nitrogen and oxygen atoms in total. The molecule has 0 spiro atoms. The molecule has 0 unspecified atom stereocenters. The normalized spacial score (nSPS) is 11.1.